The molecule has 3 aromatic heterocycles. The van der Waals surface area contributed by atoms with Crippen LogP contribution in [0.2, 0.25) is 0 Å². The van der Waals surface area contributed by atoms with Crippen molar-refractivity contribution in [1.29, 1.82) is 0 Å². The summed E-state index contributed by atoms with van der Waals surface area (Å²) < 4.78 is 3.41. The van der Waals surface area contributed by atoms with E-state index in [0.717, 1.165) is 59.3 Å². The molecule has 0 radical (unpaired) electrons. The quantitative estimate of drug-likeness (QED) is 0.405. The molecule has 4 aromatic rings. The van der Waals surface area contributed by atoms with E-state index < -0.39 is 0 Å². The Morgan fingerprint density at radius 2 is 1.71 bits per heavy atom. The van der Waals surface area contributed by atoms with Gasteiger partial charge in [0.1, 0.15) is 5.69 Å². The Balaban J connectivity index is 1.64. The number of rotatable bonds is 6. The summed E-state index contributed by atoms with van der Waals surface area (Å²) in [6.07, 6.45) is 6.75. The van der Waals surface area contributed by atoms with E-state index in [4.69, 9.17) is 10.2 Å². The van der Waals surface area contributed by atoms with Crippen LogP contribution in [0.5, 0.6) is 0 Å². The summed E-state index contributed by atoms with van der Waals surface area (Å²) in [7, 11) is 3.54. The van der Waals surface area contributed by atoms with Gasteiger partial charge >= 0.3 is 0 Å². The van der Waals surface area contributed by atoms with Crippen LogP contribution in [0.1, 0.15) is 38.5 Å². The molecule has 0 N–H and O–H groups in total. The first kappa shape index (κ1) is 22.8. The topological polar surface area (TPSA) is 72.5 Å². The summed E-state index contributed by atoms with van der Waals surface area (Å²) in [6, 6.07) is 19.4. The molecule has 0 aliphatic heterocycles. The van der Waals surface area contributed by atoms with Crippen LogP contribution < -0.4 is 5.56 Å². The minimum Gasteiger partial charge on any atom is -0.349 e. The number of pyridine rings is 1. The molecule has 1 aliphatic rings. The van der Waals surface area contributed by atoms with Crippen LogP contribution in [0, 0.1) is 0 Å². The molecule has 0 spiro atoms. The molecule has 0 fully saturated rings. The van der Waals surface area contributed by atoms with Crippen molar-refractivity contribution in [1.82, 2.24) is 24.3 Å². The summed E-state index contributed by atoms with van der Waals surface area (Å²) in [5, 5.41) is 9.72. The van der Waals surface area contributed by atoms with Crippen LogP contribution in [-0.4, -0.2) is 44.3 Å². The molecule has 0 saturated heterocycles. The van der Waals surface area contributed by atoms with Gasteiger partial charge < -0.3 is 4.90 Å². The number of amides is 1. The zero-order chi connectivity index (χ0) is 24.4. The number of allylic oxidation sites excluding steroid dienone is 2. The second-order valence-corrected chi connectivity index (χ2v) is 9.13. The molecule has 1 amide bonds. The van der Waals surface area contributed by atoms with Crippen LogP contribution >= 0.6 is 0 Å². The second kappa shape index (κ2) is 9.70. The lowest BCUT2D eigenvalue weighted by atomic mass is 9.92. The average Bonchev–Trinajstić information content (AvgIpc) is 3.28. The molecule has 0 unspecified atom stereocenters. The number of hydrogen-bond donors (Lipinski definition) is 0. The molecule has 178 valence electrons. The van der Waals surface area contributed by atoms with Gasteiger partial charge in [-0.3, -0.25) is 9.59 Å². The van der Waals surface area contributed by atoms with Gasteiger partial charge in [0.2, 0.25) is 5.91 Å². The fraction of sp³-hybridized carbons (Fsp3) is 0.286. The van der Waals surface area contributed by atoms with E-state index >= 15 is 0 Å². The Kier molecular flexibility index (Phi) is 6.31. The van der Waals surface area contributed by atoms with Gasteiger partial charge in [0.05, 0.1) is 16.8 Å². The third-order valence-electron chi connectivity index (χ3n) is 6.59. The van der Waals surface area contributed by atoms with Crippen LogP contribution in [0.15, 0.2) is 77.2 Å². The van der Waals surface area contributed by atoms with Gasteiger partial charge in [-0.1, -0.05) is 36.4 Å². The van der Waals surface area contributed by atoms with Gasteiger partial charge in [-0.05, 0) is 55.9 Å². The van der Waals surface area contributed by atoms with Gasteiger partial charge in [0, 0.05) is 44.0 Å². The van der Waals surface area contributed by atoms with Crippen molar-refractivity contribution in [3.8, 4) is 22.5 Å². The monoisotopic (exact) mass is 467 g/mol. The van der Waals surface area contributed by atoms with E-state index in [1.165, 1.54) is 0 Å². The number of nitrogens with zero attached hydrogens (tertiary/aromatic N) is 5. The van der Waals surface area contributed by atoms with Gasteiger partial charge in [-0.15, -0.1) is 0 Å². The Labute approximate surface area is 204 Å². The van der Waals surface area contributed by atoms with E-state index in [1.807, 2.05) is 59.2 Å². The minimum absolute atomic E-state index is 0.0929. The highest BCUT2D eigenvalue weighted by atomic mass is 16.2. The third-order valence-corrected chi connectivity index (χ3v) is 6.59. The lowest BCUT2D eigenvalue weighted by Crippen LogP contribution is -2.25. The number of carbonyl (C=O) groups is 1. The number of benzene rings is 1. The van der Waals surface area contributed by atoms with Crippen LogP contribution in [0.25, 0.3) is 33.7 Å². The minimum atomic E-state index is -0.153. The summed E-state index contributed by atoms with van der Waals surface area (Å²) in [5.74, 6) is 0.0929. The Bertz CT molecular complexity index is 1460. The fourth-order valence-corrected chi connectivity index (χ4v) is 4.75. The fourth-order valence-electron chi connectivity index (χ4n) is 4.75. The standard InChI is InChI=1S/C28H29N5O2/c1-31(2)25(34)17-15-20-10-6-7-13-23(20)33-26(35)18-16-22(29-33)27-24-14-8-9-19-32(24)30-28(27)21-11-4-3-5-12-21/h3-5,8-9,11-12,14,16,18-19H,6-7,10,13,15,17H2,1-2H3. The first-order chi connectivity index (χ1) is 17.0. The van der Waals surface area contributed by atoms with E-state index in [0.29, 0.717) is 18.5 Å². The molecule has 35 heavy (non-hydrogen) atoms. The van der Waals surface area contributed by atoms with Crippen molar-refractivity contribution in [3.63, 3.8) is 0 Å². The van der Waals surface area contributed by atoms with Gasteiger partial charge in [0.25, 0.3) is 5.56 Å². The smallest absolute Gasteiger partial charge is 0.271 e. The summed E-state index contributed by atoms with van der Waals surface area (Å²) >= 11 is 0. The predicted molar refractivity (Wildman–Crippen MR) is 138 cm³/mol. The lowest BCUT2D eigenvalue weighted by molar-refractivity contribution is -0.128. The van der Waals surface area contributed by atoms with Gasteiger partial charge in [-0.25, -0.2) is 9.20 Å². The van der Waals surface area contributed by atoms with Crippen LogP contribution in [0.3, 0.4) is 0 Å². The molecule has 7 heteroatoms. The number of fused-ring (bicyclic) bond motifs is 1. The molecule has 1 aromatic carbocycles. The highest BCUT2D eigenvalue weighted by Gasteiger charge is 2.21. The van der Waals surface area contributed by atoms with Crippen LogP contribution in [0.4, 0.5) is 0 Å². The maximum absolute atomic E-state index is 13.0. The molecule has 1 aliphatic carbocycles. The summed E-state index contributed by atoms with van der Waals surface area (Å²) in [5.41, 5.74) is 6.28. The number of aromatic nitrogens is 4. The molecular weight excluding hydrogens is 438 g/mol. The molecule has 0 atom stereocenters. The molecule has 5 rings (SSSR count). The van der Waals surface area contributed by atoms with Crippen molar-refractivity contribution >= 4 is 17.1 Å². The lowest BCUT2D eigenvalue weighted by Gasteiger charge is -2.22. The largest absolute Gasteiger partial charge is 0.349 e. The molecule has 0 bridgehead atoms. The van der Waals surface area contributed by atoms with Crippen molar-refractivity contribution in [2.75, 3.05) is 14.1 Å². The van der Waals surface area contributed by atoms with Gasteiger partial charge in [-0.2, -0.15) is 10.2 Å². The summed E-state index contributed by atoms with van der Waals surface area (Å²) in [4.78, 5) is 26.8. The second-order valence-electron chi connectivity index (χ2n) is 9.13. The maximum atomic E-state index is 13.0. The molecule has 3 heterocycles. The van der Waals surface area contributed by atoms with Crippen LogP contribution in [-0.2, 0) is 4.79 Å². The van der Waals surface area contributed by atoms with Gasteiger partial charge in [0.15, 0.2) is 0 Å². The van der Waals surface area contributed by atoms with Crippen molar-refractivity contribution in [2.24, 2.45) is 0 Å². The van der Waals surface area contributed by atoms with Crippen molar-refractivity contribution in [2.45, 2.75) is 38.5 Å². The first-order valence-corrected chi connectivity index (χ1v) is 12.1. The normalized spacial score (nSPS) is 13.9. The molecule has 0 saturated carbocycles. The zero-order valence-corrected chi connectivity index (χ0v) is 20.1. The SMILES string of the molecule is CN(C)C(=O)CCC1=C(n2nc(-c3c(-c4ccccc4)nn4ccccc34)ccc2=O)CCCC1. The Morgan fingerprint density at radius 3 is 2.51 bits per heavy atom. The first-order valence-electron chi connectivity index (χ1n) is 12.1. The highest BCUT2D eigenvalue weighted by Crippen LogP contribution is 2.35. The molecular formula is C28H29N5O2. The Morgan fingerprint density at radius 1 is 0.943 bits per heavy atom. The average molecular weight is 468 g/mol. The highest BCUT2D eigenvalue weighted by molar-refractivity contribution is 5.90. The van der Waals surface area contributed by atoms with E-state index in [-0.39, 0.29) is 11.5 Å². The zero-order valence-electron chi connectivity index (χ0n) is 20.1. The maximum Gasteiger partial charge on any atom is 0.271 e. The van der Waals surface area contributed by atoms with E-state index in [1.54, 1.807) is 35.8 Å². The van der Waals surface area contributed by atoms with E-state index in [9.17, 15) is 9.59 Å². The third kappa shape index (κ3) is 4.54. The van der Waals surface area contributed by atoms with E-state index in [2.05, 4.69) is 0 Å². The van der Waals surface area contributed by atoms with Crippen molar-refractivity contribution < 1.29 is 4.79 Å². The number of carbonyl (C=O) groups excluding carboxylic acids is 1. The van der Waals surface area contributed by atoms with Crippen molar-refractivity contribution in [3.05, 3.63) is 82.8 Å². The predicted octanol–water partition coefficient (Wildman–Crippen LogP) is 4.88. The number of hydrogen-bond acceptors (Lipinski definition) is 4. The Hall–Kier alpha value is -4.00. The molecule has 7 nitrogen and oxygen atoms in total. The summed E-state index contributed by atoms with van der Waals surface area (Å²) in [6.45, 7) is 0.